The van der Waals surface area contributed by atoms with Crippen LogP contribution in [0.1, 0.15) is 5.56 Å². The third-order valence-corrected chi connectivity index (χ3v) is 2.83. The molecule has 6 heteroatoms. The molecule has 1 aromatic carbocycles. The number of carbonyl (C=O) groups is 1. The SMILES string of the molecule is O=C(NCC(CO)(CO)CO)OCc1ccccc1. The standard InChI is InChI=1S/C13H19NO5/c15-8-13(9-16,10-17)7-14-12(18)19-6-11-4-2-1-3-5-11/h1-5,15-17H,6-10H2,(H,14,18). The van der Waals surface area contributed by atoms with E-state index in [0.29, 0.717) is 0 Å². The number of ether oxygens (including phenoxy) is 1. The Morgan fingerprint density at radius 3 is 2.21 bits per heavy atom. The van der Waals surface area contributed by atoms with Gasteiger partial charge in [0.05, 0.1) is 25.2 Å². The molecule has 0 unspecified atom stereocenters. The number of hydrogen-bond acceptors (Lipinski definition) is 5. The van der Waals surface area contributed by atoms with E-state index in [9.17, 15) is 4.79 Å². The summed E-state index contributed by atoms with van der Waals surface area (Å²) in [4.78, 5) is 11.4. The van der Waals surface area contributed by atoms with Gasteiger partial charge >= 0.3 is 6.09 Å². The lowest BCUT2D eigenvalue weighted by atomic mass is 9.91. The smallest absolute Gasteiger partial charge is 0.407 e. The number of nitrogens with one attached hydrogen (secondary N) is 1. The second-order valence-corrected chi connectivity index (χ2v) is 4.39. The van der Waals surface area contributed by atoms with Gasteiger partial charge in [-0.3, -0.25) is 0 Å². The van der Waals surface area contributed by atoms with Crippen molar-refractivity contribution in [2.75, 3.05) is 26.4 Å². The summed E-state index contributed by atoms with van der Waals surface area (Å²) in [5, 5.41) is 29.7. The Kier molecular flexibility index (Phi) is 6.27. The minimum absolute atomic E-state index is 0.0654. The van der Waals surface area contributed by atoms with Crippen LogP contribution in [0.25, 0.3) is 0 Å². The second-order valence-electron chi connectivity index (χ2n) is 4.39. The van der Waals surface area contributed by atoms with Crippen molar-refractivity contribution in [3.05, 3.63) is 35.9 Å². The van der Waals surface area contributed by atoms with Crippen LogP contribution in [-0.2, 0) is 11.3 Å². The highest BCUT2D eigenvalue weighted by atomic mass is 16.5. The Balaban J connectivity index is 2.35. The largest absolute Gasteiger partial charge is 0.445 e. The van der Waals surface area contributed by atoms with Gasteiger partial charge in [0.1, 0.15) is 6.61 Å². The third-order valence-electron chi connectivity index (χ3n) is 2.83. The van der Waals surface area contributed by atoms with Gasteiger partial charge in [0, 0.05) is 6.54 Å². The van der Waals surface area contributed by atoms with Crippen molar-refractivity contribution in [3.8, 4) is 0 Å². The molecule has 0 aliphatic carbocycles. The number of rotatable bonds is 7. The normalized spacial score (nSPS) is 11.1. The zero-order chi connectivity index (χ0) is 14.1. The minimum atomic E-state index is -1.13. The van der Waals surface area contributed by atoms with Crippen molar-refractivity contribution >= 4 is 6.09 Å². The number of aliphatic hydroxyl groups excluding tert-OH is 3. The van der Waals surface area contributed by atoms with Crippen molar-refractivity contribution in [2.24, 2.45) is 5.41 Å². The first kappa shape index (κ1) is 15.4. The van der Waals surface area contributed by atoms with Crippen LogP contribution in [0.2, 0.25) is 0 Å². The maximum Gasteiger partial charge on any atom is 0.407 e. The Morgan fingerprint density at radius 1 is 1.11 bits per heavy atom. The molecule has 0 aromatic heterocycles. The molecule has 0 aliphatic heterocycles. The average Bonchev–Trinajstić information content (AvgIpc) is 2.48. The molecular weight excluding hydrogens is 250 g/mol. The van der Waals surface area contributed by atoms with Crippen molar-refractivity contribution in [1.29, 1.82) is 0 Å². The molecule has 0 saturated heterocycles. The van der Waals surface area contributed by atoms with E-state index in [0.717, 1.165) is 5.56 Å². The lowest BCUT2D eigenvalue weighted by molar-refractivity contribution is 0.00609. The summed E-state index contributed by atoms with van der Waals surface area (Å²) in [6, 6.07) is 9.19. The quantitative estimate of drug-likeness (QED) is 0.553. The van der Waals surface area contributed by atoms with Gasteiger partial charge in [0.2, 0.25) is 0 Å². The lowest BCUT2D eigenvalue weighted by Crippen LogP contribution is -2.45. The van der Waals surface area contributed by atoms with E-state index >= 15 is 0 Å². The van der Waals surface area contributed by atoms with Crippen LogP contribution in [-0.4, -0.2) is 47.8 Å². The molecule has 1 rings (SSSR count). The summed E-state index contributed by atoms with van der Waals surface area (Å²) in [5.41, 5.74) is -0.276. The van der Waals surface area contributed by atoms with Crippen LogP contribution in [0.4, 0.5) is 4.79 Å². The zero-order valence-electron chi connectivity index (χ0n) is 10.6. The summed E-state index contributed by atoms with van der Waals surface area (Å²) in [5.74, 6) is 0. The fourth-order valence-electron chi connectivity index (χ4n) is 1.35. The van der Waals surface area contributed by atoms with Crippen LogP contribution in [0.15, 0.2) is 30.3 Å². The van der Waals surface area contributed by atoms with Crippen molar-refractivity contribution in [2.45, 2.75) is 6.61 Å². The van der Waals surface area contributed by atoms with Crippen LogP contribution < -0.4 is 5.32 Å². The van der Waals surface area contributed by atoms with E-state index in [4.69, 9.17) is 20.1 Å². The molecule has 4 N–H and O–H groups in total. The van der Waals surface area contributed by atoms with Crippen LogP contribution in [0, 0.1) is 5.41 Å². The third kappa shape index (κ3) is 4.86. The van der Waals surface area contributed by atoms with Gasteiger partial charge < -0.3 is 25.4 Å². The van der Waals surface area contributed by atoms with Crippen LogP contribution in [0.5, 0.6) is 0 Å². The molecule has 1 amide bonds. The van der Waals surface area contributed by atoms with Gasteiger partial charge in [0.15, 0.2) is 0 Å². The first-order valence-corrected chi connectivity index (χ1v) is 5.93. The number of benzene rings is 1. The van der Waals surface area contributed by atoms with Crippen LogP contribution in [0.3, 0.4) is 0 Å². The first-order chi connectivity index (χ1) is 9.15. The Hall–Kier alpha value is -1.63. The van der Waals surface area contributed by atoms with E-state index in [1.807, 2.05) is 30.3 Å². The molecular formula is C13H19NO5. The molecule has 0 atom stereocenters. The maximum absolute atomic E-state index is 11.4. The predicted molar refractivity (Wildman–Crippen MR) is 68.3 cm³/mol. The predicted octanol–water partition coefficient (Wildman–Crippen LogP) is -0.124. The molecule has 0 spiro atoms. The molecule has 1 aromatic rings. The summed E-state index contributed by atoms with van der Waals surface area (Å²) in [7, 11) is 0. The Labute approximate surface area is 111 Å². The Morgan fingerprint density at radius 2 is 1.68 bits per heavy atom. The van der Waals surface area contributed by atoms with Crippen molar-refractivity contribution in [1.82, 2.24) is 5.32 Å². The van der Waals surface area contributed by atoms with E-state index in [-0.39, 0.29) is 13.2 Å². The molecule has 0 aliphatic rings. The van der Waals surface area contributed by atoms with E-state index in [1.165, 1.54) is 0 Å². The van der Waals surface area contributed by atoms with Gasteiger partial charge in [-0.2, -0.15) is 0 Å². The molecule has 0 heterocycles. The van der Waals surface area contributed by atoms with Gasteiger partial charge in [0.25, 0.3) is 0 Å². The summed E-state index contributed by atoms with van der Waals surface area (Å²) >= 11 is 0. The number of carbonyl (C=O) groups excluding carboxylic acids is 1. The fraction of sp³-hybridized carbons (Fsp3) is 0.462. The number of alkyl carbamates (subject to hydrolysis) is 1. The molecule has 0 saturated carbocycles. The van der Waals surface area contributed by atoms with E-state index in [2.05, 4.69) is 5.32 Å². The highest BCUT2D eigenvalue weighted by Gasteiger charge is 2.28. The van der Waals surface area contributed by atoms with E-state index in [1.54, 1.807) is 0 Å². The van der Waals surface area contributed by atoms with Crippen molar-refractivity contribution in [3.63, 3.8) is 0 Å². The number of aliphatic hydroxyl groups is 3. The molecule has 106 valence electrons. The summed E-state index contributed by atoms with van der Waals surface area (Å²) in [6.07, 6.45) is -0.663. The van der Waals surface area contributed by atoms with Crippen molar-refractivity contribution < 1.29 is 24.9 Å². The van der Waals surface area contributed by atoms with Gasteiger partial charge in [-0.25, -0.2) is 4.79 Å². The first-order valence-electron chi connectivity index (χ1n) is 5.93. The topological polar surface area (TPSA) is 99.0 Å². The minimum Gasteiger partial charge on any atom is -0.445 e. The Bertz CT molecular complexity index is 370. The zero-order valence-corrected chi connectivity index (χ0v) is 10.6. The molecule has 6 nitrogen and oxygen atoms in total. The second kappa shape index (κ2) is 7.73. The fourth-order valence-corrected chi connectivity index (χ4v) is 1.35. The van der Waals surface area contributed by atoms with Crippen LogP contribution >= 0.6 is 0 Å². The summed E-state index contributed by atoms with van der Waals surface area (Å²) in [6.45, 7) is -1.22. The molecule has 0 bridgehead atoms. The molecule has 0 radical (unpaired) electrons. The number of hydrogen-bond donors (Lipinski definition) is 4. The molecule has 0 fully saturated rings. The van der Waals surface area contributed by atoms with Gasteiger partial charge in [-0.1, -0.05) is 30.3 Å². The highest BCUT2D eigenvalue weighted by molar-refractivity contribution is 5.67. The van der Waals surface area contributed by atoms with Gasteiger partial charge in [-0.15, -0.1) is 0 Å². The maximum atomic E-state index is 11.4. The van der Waals surface area contributed by atoms with Gasteiger partial charge in [-0.05, 0) is 5.56 Å². The van der Waals surface area contributed by atoms with E-state index < -0.39 is 31.3 Å². The summed E-state index contributed by atoms with van der Waals surface area (Å²) < 4.78 is 4.96. The monoisotopic (exact) mass is 269 g/mol. The lowest BCUT2D eigenvalue weighted by Gasteiger charge is -2.27. The highest BCUT2D eigenvalue weighted by Crippen LogP contribution is 2.12. The number of amides is 1. The average molecular weight is 269 g/mol. The molecule has 19 heavy (non-hydrogen) atoms.